The number of amides is 2. The molecule has 1 atom stereocenters. The van der Waals surface area contributed by atoms with Crippen LogP contribution in [0.15, 0.2) is 36.5 Å². The first-order valence-corrected chi connectivity index (χ1v) is 8.27. The second kappa shape index (κ2) is 7.43. The fourth-order valence-corrected chi connectivity index (χ4v) is 2.99. The van der Waals surface area contributed by atoms with E-state index >= 15 is 0 Å². The molecule has 2 aromatic rings. The Morgan fingerprint density at radius 1 is 1.19 bits per heavy atom. The second-order valence-electron chi connectivity index (χ2n) is 6.12. The molecule has 1 unspecified atom stereocenters. The van der Waals surface area contributed by atoms with E-state index in [9.17, 15) is 9.59 Å². The quantitative estimate of drug-likeness (QED) is 0.891. The number of pyridine rings is 1. The number of methoxy groups -OCH3 is 2. The van der Waals surface area contributed by atoms with Crippen LogP contribution in [-0.4, -0.2) is 37.6 Å². The third-order valence-corrected chi connectivity index (χ3v) is 4.34. The highest BCUT2D eigenvalue weighted by molar-refractivity contribution is 6.03. The van der Waals surface area contributed by atoms with Gasteiger partial charge in [-0.2, -0.15) is 0 Å². The number of carbonyl (C=O) groups is 2. The molecule has 136 valence electrons. The molecule has 0 spiro atoms. The molecule has 0 saturated carbocycles. The van der Waals surface area contributed by atoms with Gasteiger partial charge in [-0.05, 0) is 31.2 Å². The number of aryl methyl sites for hydroxylation is 1. The maximum Gasteiger partial charge on any atom is 0.229 e. The zero-order valence-electron chi connectivity index (χ0n) is 15.0. The van der Waals surface area contributed by atoms with Crippen LogP contribution >= 0.6 is 0 Å². The van der Waals surface area contributed by atoms with E-state index in [2.05, 4.69) is 10.3 Å². The molecule has 2 amide bonds. The molecule has 3 rings (SSSR count). The van der Waals surface area contributed by atoms with E-state index in [4.69, 9.17) is 9.47 Å². The zero-order chi connectivity index (χ0) is 18.7. The molecule has 1 N–H and O–H groups in total. The van der Waals surface area contributed by atoms with Crippen molar-refractivity contribution in [3.05, 3.63) is 42.2 Å². The fraction of sp³-hybridized carbons (Fsp3) is 0.316. The van der Waals surface area contributed by atoms with Crippen LogP contribution in [0.2, 0.25) is 0 Å². The molecular weight excluding hydrogens is 334 g/mol. The van der Waals surface area contributed by atoms with Gasteiger partial charge in [0.25, 0.3) is 0 Å². The van der Waals surface area contributed by atoms with Gasteiger partial charge in [-0.25, -0.2) is 0 Å². The first-order valence-electron chi connectivity index (χ1n) is 8.27. The minimum Gasteiger partial charge on any atom is -0.493 e. The van der Waals surface area contributed by atoms with Crippen LogP contribution < -0.4 is 19.7 Å². The van der Waals surface area contributed by atoms with Gasteiger partial charge in [-0.1, -0.05) is 0 Å². The second-order valence-corrected chi connectivity index (χ2v) is 6.12. The highest BCUT2D eigenvalue weighted by Gasteiger charge is 2.35. The molecule has 0 radical (unpaired) electrons. The Morgan fingerprint density at radius 3 is 2.65 bits per heavy atom. The minimum absolute atomic E-state index is 0.0942. The molecule has 26 heavy (non-hydrogen) atoms. The molecule has 2 heterocycles. The Kier molecular flexibility index (Phi) is 5.06. The highest BCUT2D eigenvalue weighted by Crippen LogP contribution is 2.34. The van der Waals surface area contributed by atoms with Crippen LogP contribution in [-0.2, 0) is 9.59 Å². The van der Waals surface area contributed by atoms with Gasteiger partial charge in [0.05, 0.1) is 20.1 Å². The number of carbonyl (C=O) groups excluding carboxylic acids is 2. The average molecular weight is 355 g/mol. The number of hydrogen-bond acceptors (Lipinski definition) is 5. The summed E-state index contributed by atoms with van der Waals surface area (Å²) in [4.78, 5) is 30.6. The van der Waals surface area contributed by atoms with E-state index in [0.717, 1.165) is 5.69 Å². The highest BCUT2D eigenvalue weighted by atomic mass is 16.5. The van der Waals surface area contributed by atoms with Gasteiger partial charge in [0.15, 0.2) is 11.5 Å². The molecular formula is C19H21N3O4. The Labute approximate surface area is 151 Å². The molecule has 7 nitrogen and oxygen atoms in total. The number of anilines is 2. The van der Waals surface area contributed by atoms with E-state index in [-0.39, 0.29) is 18.2 Å². The topological polar surface area (TPSA) is 80.8 Å². The lowest BCUT2D eigenvalue weighted by molar-refractivity contribution is -0.122. The Bertz CT molecular complexity index is 837. The molecule has 1 aromatic heterocycles. The monoisotopic (exact) mass is 355 g/mol. The third-order valence-electron chi connectivity index (χ3n) is 4.34. The Hall–Kier alpha value is -3.09. The van der Waals surface area contributed by atoms with Crippen molar-refractivity contribution < 1.29 is 19.1 Å². The zero-order valence-corrected chi connectivity index (χ0v) is 15.0. The van der Waals surface area contributed by atoms with Crippen LogP contribution in [0.25, 0.3) is 0 Å². The van der Waals surface area contributed by atoms with Gasteiger partial charge in [-0.15, -0.1) is 0 Å². The first-order chi connectivity index (χ1) is 12.5. The normalized spacial score (nSPS) is 16.5. The van der Waals surface area contributed by atoms with Crippen molar-refractivity contribution in [2.45, 2.75) is 13.3 Å². The molecule has 1 aromatic carbocycles. The van der Waals surface area contributed by atoms with E-state index in [1.807, 2.05) is 6.92 Å². The summed E-state index contributed by atoms with van der Waals surface area (Å²) in [7, 11) is 3.10. The van der Waals surface area contributed by atoms with Crippen molar-refractivity contribution in [2.24, 2.45) is 5.92 Å². The number of nitrogens with zero attached hydrogens (tertiary/aromatic N) is 2. The largest absolute Gasteiger partial charge is 0.493 e. The minimum atomic E-state index is -0.413. The SMILES string of the molecule is COc1ccc(N2CC(C(=O)Nc3ccnc(C)c3)CC2=O)cc1OC. The van der Waals surface area contributed by atoms with Crippen LogP contribution in [0.4, 0.5) is 11.4 Å². The molecule has 1 fully saturated rings. The van der Waals surface area contributed by atoms with Gasteiger partial charge >= 0.3 is 0 Å². The maximum atomic E-state index is 12.5. The summed E-state index contributed by atoms with van der Waals surface area (Å²) in [5, 5.41) is 2.86. The third kappa shape index (κ3) is 3.61. The van der Waals surface area contributed by atoms with Gasteiger partial charge in [0.1, 0.15) is 0 Å². The van der Waals surface area contributed by atoms with Gasteiger partial charge in [0.2, 0.25) is 11.8 Å². The molecule has 7 heteroatoms. The number of benzene rings is 1. The van der Waals surface area contributed by atoms with Crippen molar-refractivity contribution >= 4 is 23.2 Å². The smallest absolute Gasteiger partial charge is 0.229 e. The van der Waals surface area contributed by atoms with Crippen LogP contribution in [0.5, 0.6) is 11.5 Å². The van der Waals surface area contributed by atoms with Crippen molar-refractivity contribution in [3.63, 3.8) is 0 Å². The summed E-state index contributed by atoms with van der Waals surface area (Å²) in [6.07, 6.45) is 1.81. The van der Waals surface area contributed by atoms with Crippen molar-refractivity contribution in [3.8, 4) is 11.5 Å². The predicted molar refractivity (Wildman–Crippen MR) is 97.6 cm³/mol. The van der Waals surface area contributed by atoms with Gasteiger partial charge in [-0.3, -0.25) is 14.6 Å². The summed E-state index contributed by atoms with van der Waals surface area (Å²) in [6.45, 7) is 2.18. The molecule has 1 aliphatic rings. The van der Waals surface area contributed by atoms with Gasteiger partial charge in [0, 0.05) is 42.3 Å². The molecule has 1 aliphatic heterocycles. The van der Waals surface area contributed by atoms with E-state index < -0.39 is 5.92 Å². The number of aromatic nitrogens is 1. The fourth-order valence-electron chi connectivity index (χ4n) is 2.99. The van der Waals surface area contributed by atoms with Crippen molar-refractivity contribution in [1.82, 2.24) is 4.98 Å². The standard InChI is InChI=1S/C19H21N3O4/c1-12-8-14(6-7-20-12)21-19(24)13-9-18(23)22(11-13)15-4-5-16(25-2)17(10-15)26-3/h4-8,10,13H,9,11H2,1-3H3,(H,20,21,24). The lowest BCUT2D eigenvalue weighted by Gasteiger charge is -2.18. The molecule has 0 bridgehead atoms. The summed E-state index contributed by atoms with van der Waals surface area (Å²) in [5.41, 5.74) is 2.18. The summed E-state index contributed by atoms with van der Waals surface area (Å²) < 4.78 is 10.5. The van der Waals surface area contributed by atoms with Gasteiger partial charge < -0.3 is 19.7 Å². The summed E-state index contributed by atoms with van der Waals surface area (Å²) in [5.74, 6) is 0.447. The number of nitrogens with one attached hydrogen (secondary N) is 1. The average Bonchev–Trinajstić information content (AvgIpc) is 3.03. The van der Waals surface area contributed by atoms with Crippen LogP contribution in [0, 0.1) is 12.8 Å². The molecule has 1 saturated heterocycles. The van der Waals surface area contributed by atoms with E-state index in [1.165, 1.54) is 0 Å². The van der Waals surface area contributed by atoms with Crippen molar-refractivity contribution in [1.29, 1.82) is 0 Å². The van der Waals surface area contributed by atoms with Crippen LogP contribution in [0.1, 0.15) is 12.1 Å². The summed E-state index contributed by atoms with van der Waals surface area (Å²) >= 11 is 0. The summed E-state index contributed by atoms with van der Waals surface area (Å²) in [6, 6.07) is 8.79. The first kappa shape index (κ1) is 17.7. The number of hydrogen-bond donors (Lipinski definition) is 1. The lowest BCUT2D eigenvalue weighted by atomic mass is 10.1. The maximum absolute atomic E-state index is 12.5. The Morgan fingerprint density at radius 2 is 1.96 bits per heavy atom. The number of ether oxygens (including phenoxy) is 2. The van der Waals surface area contributed by atoms with E-state index in [0.29, 0.717) is 29.4 Å². The van der Waals surface area contributed by atoms with Crippen LogP contribution in [0.3, 0.4) is 0 Å². The molecule has 0 aliphatic carbocycles. The predicted octanol–water partition coefficient (Wildman–Crippen LogP) is 2.40. The lowest BCUT2D eigenvalue weighted by Crippen LogP contribution is -2.28. The number of rotatable bonds is 5. The van der Waals surface area contributed by atoms with Crippen molar-refractivity contribution in [2.75, 3.05) is 31.0 Å². The Balaban J connectivity index is 1.73. The van der Waals surface area contributed by atoms with E-state index in [1.54, 1.807) is 55.6 Å².